The molecule has 164 valence electrons. The SMILES string of the molecule is Cc1cccc(C(=O)N2CCCN(C(=O)c3cc(F)cc(F)c3)C2C(=O)NCCN)c1. The van der Waals surface area contributed by atoms with Gasteiger partial charge in [0.1, 0.15) is 11.6 Å². The van der Waals surface area contributed by atoms with Crippen molar-refractivity contribution in [3.63, 3.8) is 0 Å². The van der Waals surface area contributed by atoms with Crippen LogP contribution in [-0.4, -0.2) is 59.9 Å². The molecule has 1 aliphatic heterocycles. The number of nitrogens with two attached hydrogens (primary N) is 1. The van der Waals surface area contributed by atoms with E-state index in [0.717, 1.165) is 22.6 Å². The summed E-state index contributed by atoms with van der Waals surface area (Å²) in [6, 6.07) is 9.36. The molecule has 0 radical (unpaired) electrons. The Morgan fingerprint density at radius 2 is 1.61 bits per heavy atom. The number of carbonyl (C=O) groups excluding carboxylic acids is 3. The van der Waals surface area contributed by atoms with Crippen LogP contribution >= 0.6 is 0 Å². The van der Waals surface area contributed by atoms with Crippen LogP contribution in [0, 0.1) is 18.6 Å². The van der Waals surface area contributed by atoms with Crippen molar-refractivity contribution in [3.05, 3.63) is 70.8 Å². The van der Waals surface area contributed by atoms with Crippen molar-refractivity contribution in [2.24, 2.45) is 5.73 Å². The molecule has 1 unspecified atom stereocenters. The van der Waals surface area contributed by atoms with E-state index in [1.807, 2.05) is 13.0 Å². The van der Waals surface area contributed by atoms with Gasteiger partial charge in [-0.05, 0) is 37.6 Å². The maximum atomic E-state index is 13.7. The average Bonchev–Trinajstić information content (AvgIpc) is 2.75. The lowest BCUT2D eigenvalue weighted by molar-refractivity contribution is -0.132. The topological polar surface area (TPSA) is 95.7 Å². The molecule has 0 saturated carbocycles. The second-order valence-electron chi connectivity index (χ2n) is 7.33. The van der Waals surface area contributed by atoms with Gasteiger partial charge >= 0.3 is 0 Å². The minimum atomic E-state index is -1.27. The highest BCUT2D eigenvalue weighted by molar-refractivity contribution is 6.01. The fraction of sp³-hybridized carbons (Fsp3) is 0.318. The summed E-state index contributed by atoms with van der Waals surface area (Å²) in [5, 5.41) is 2.61. The van der Waals surface area contributed by atoms with E-state index < -0.39 is 35.5 Å². The summed E-state index contributed by atoms with van der Waals surface area (Å²) in [6.45, 7) is 2.56. The first-order chi connectivity index (χ1) is 14.8. The first-order valence-corrected chi connectivity index (χ1v) is 9.94. The zero-order chi connectivity index (χ0) is 22.5. The van der Waals surface area contributed by atoms with Gasteiger partial charge in [0.2, 0.25) is 0 Å². The van der Waals surface area contributed by atoms with Crippen molar-refractivity contribution in [2.75, 3.05) is 26.2 Å². The molecule has 2 aromatic rings. The van der Waals surface area contributed by atoms with Crippen molar-refractivity contribution in [1.29, 1.82) is 0 Å². The van der Waals surface area contributed by atoms with E-state index in [2.05, 4.69) is 5.32 Å². The third-order valence-electron chi connectivity index (χ3n) is 4.96. The van der Waals surface area contributed by atoms with E-state index in [9.17, 15) is 23.2 Å². The fourth-order valence-corrected chi connectivity index (χ4v) is 3.61. The van der Waals surface area contributed by atoms with E-state index in [1.54, 1.807) is 18.2 Å². The summed E-state index contributed by atoms with van der Waals surface area (Å²) in [4.78, 5) is 41.7. The number of rotatable bonds is 5. The summed E-state index contributed by atoms with van der Waals surface area (Å²) in [6.07, 6.45) is -0.867. The summed E-state index contributed by atoms with van der Waals surface area (Å²) in [5.74, 6) is -3.56. The summed E-state index contributed by atoms with van der Waals surface area (Å²) >= 11 is 0. The molecule has 1 aliphatic rings. The molecule has 3 amide bonds. The van der Waals surface area contributed by atoms with Crippen molar-refractivity contribution in [3.8, 4) is 0 Å². The third-order valence-corrected chi connectivity index (χ3v) is 4.96. The van der Waals surface area contributed by atoms with Crippen molar-refractivity contribution >= 4 is 17.7 Å². The minimum absolute atomic E-state index is 0.148. The minimum Gasteiger partial charge on any atom is -0.351 e. The zero-order valence-corrected chi connectivity index (χ0v) is 17.1. The van der Waals surface area contributed by atoms with Crippen LogP contribution in [0.15, 0.2) is 42.5 Å². The number of aryl methyl sites for hydroxylation is 1. The Morgan fingerprint density at radius 1 is 1.00 bits per heavy atom. The highest BCUT2D eigenvalue weighted by Gasteiger charge is 2.40. The Morgan fingerprint density at radius 3 is 2.19 bits per heavy atom. The Kier molecular flexibility index (Phi) is 6.96. The maximum absolute atomic E-state index is 13.7. The lowest BCUT2D eigenvalue weighted by atomic mass is 10.1. The van der Waals surface area contributed by atoms with Crippen molar-refractivity contribution in [1.82, 2.24) is 15.1 Å². The van der Waals surface area contributed by atoms with E-state index >= 15 is 0 Å². The van der Waals surface area contributed by atoms with Gasteiger partial charge in [-0.1, -0.05) is 17.7 Å². The summed E-state index contributed by atoms with van der Waals surface area (Å²) in [5.41, 5.74) is 6.48. The third kappa shape index (κ3) is 5.05. The van der Waals surface area contributed by atoms with Gasteiger partial charge in [-0.2, -0.15) is 0 Å². The van der Waals surface area contributed by atoms with Crippen molar-refractivity contribution < 1.29 is 23.2 Å². The Hall–Kier alpha value is -3.33. The number of carbonyl (C=O) groups is 3. The molecule has 2 aromatic carbocycles. The predicted octanol–water partition coefficient (Wildman–Crippen LogP) is 1.66. The van der Waals surface area contributed by atoms with Gasteiger partial charge in [0.05, 0.1) is 0 Å². The largest absolute Gasteiger partial charge is 0.351 e. The fourth-order valence-electron chi connectivity index (χ4n) is 3.61. The van der Waals surface area contributed by atoms with Crippen LogP contribution in [0.1, 0.15) is 32.7 Å². The molecule has 0 aliphatic carbocycles. The number of nitrogens with zero attached hydrogens (tertiary/aromatic N) is 2. The van der Waals surface area contributed by atoms with E-state index in [1.165, 1.54) is 4.90 Å². The molecule has 3 N–H and O–H groups in total. The first-order valence-electron chi connectivity index (χ1n) is 9.94. The van der Waals surface area contributed by atoms with Crippen LogP contribution in [0.2, 0.25) is 0 Å². The molecule has 0 bridgehead atoms. The normalized spacial score (nSPS) is 16.2. The van der Waals surface area contributed by atoms with Crippen LogP contribution in [-0.2, 0) is 4.79 Å². The van der Waals surface area contributed by atoms with Crippen LogP contribution < -0.4 is 11.1 Å². The second-order valence-corrected chi connectivity index (χ2v) is 7.33. The lowest BCUT2D eigenvalue weighted by Crippen LogP contribution is -2.63. The molecule has 1 atom stereocenters. The van der Waals surface area contributed by atoms with Crippen LogP contribution in [0.5, 0.6) is 0 Å². The molecular formula is C22H24F2N4O3. The molecule has 0 spiro atoms. The van der Waals surface area contributed by atoms with Crippen LogP contribution in [0.3, 0.4) is 0 Å². The van der Waals surface area contributed by atoms with Gasteiger partial charge in [-0.25, -0.2) is 8.78 Å². The maximum Gasteiger partial charge on any atom is 0.263 e. The molecule has 3 rings (SSSR count). The number of halogens is 2. The van der Waals surface area contributed by atoms with Gasteiger partial charge in [-0.15, -0.1) is 0 Å². The molecule has 1 heterocycles. The van der Waals surface area contributed by atoms with Crippen molar-refractivity contribution in [2.45, 2.75) is 19.5 Å². The van der Waals surface area contributed by atoms with E-state index in [-0.39, 0.29) is 31.7 Å². The zero-order valence-electron chi connectivity index (χ0n) is 17.1. The molecular weight excluding hydrogens is 406 g/mol. The van der Waals surface area contributed by atoms with Gasteiger partial charge in [-0.3, -0.25) is 14.4 Å². The highest BCUT2D eigenvalue weighted by atomic mass is 19.1. The van der Waals surface area contributed by atoms with Gasteiger partial charge in [0.25, 0.3) is 17.7 Å². The first kappa shape index (κ1) is 22.4. The van der Waals surface area contributed by atoms with E-state index in [0.29, 0.717) is 18.1 Å². The molecule has 7 nitrogen and oxygen atoms in total. The van der Waals surface area contributed by atoms with E-state index in [4.69, 9.17) is 5.73 Å². The number of nitrogens with one attached hydrogen (secondary N) is 1. The average molecular weight is 430 g/mol. The molecule has 1 fully saturated rings. The Labute approximate surface area is 178 Å². The molecule has 9 heteroatoms. The second kappa shape index (κ2) is 9.65. The van der Waals surface area contributed by atoms with Gasteiger partial charge < -0.3 is 20.9 Å². The number of hydrogen-bond donors (Lipinski definition) is 2. The monoisotopic (exact) mass is 430 g/mol. The number of benzene rings is 2. The van der Waals surface area contributed by atoms with Crippen LogP contribution in [0.4, 0.5) is 8.78 Å². The standard InChI is InChI=1S/C22H24F2N4O3/c1-14-4-2-5-15(10-14)21(30)27-8-3-9-28(20(27)19(29)26-7-6-25)22(31)16-11-17(23)13-18(24)12-16/h2,4-5,10-13,20H,3,6-9,25H2,1H3,(H,26,29). The van der Waals surface area contributed by atoms with Gasteiger partial charge in [0, 0.05) is 43.4 Å². The van der Waals surface area contributed by atoms with Crippen LogP contribution in [0.25, 0.3) is 0 Å². The molecule has 1 saturated heterocycles. The summed E-state index contributed by atoms with van der Waals surface area (Å²) in [7, 11) is 0. The highest BCUT2D eigenvalue weighted by Crippen LogP contribution is 2.22. The summed E-state index contributed by atoms with van der Waals surface area (Å²) < 4.78 is 27.3. The Bertz CT molecular complexity index is 978. The predicted molar refractivity (Wildman–Crippen MR) is 110 cm³/mol. The Balaban J connectivity index is 1.98. The smallest absolute Gasteiger partial charge is 0.263 e. The number of amides is 3. The molecule has 0 aromatic heterocycles. The van der Waals surface area contributed by atoms with Gasteiger partial charge in [0.15, 0.2) is 6.17 Å². The quantitative estimate of drug-likeness (QED) is 0.754. The number of hydrogen-bond acceptors (Lipinski definition) is 4. The lowest BCUT2D eigenvalue weighted by Gasteiger charge is -2.42. The molecule has 31 heavy (non-hydrogen) atoms.